The Morgan fingerprint density at radius 3 is 2.91 bits per heavy atom. The van der Waals surface area contributed by atoms with Crippen LogP contribution in [0.3, 0.4) is 0 Å². The van der Waals surface area contributed by atoms with Gasteiger partial charge >= 0.3 is 0 Å². The van der Waals surface area contributed by atoms with Crippen LogP contribution in [0.5, 0.6) is 0 Å². The van der Waals surface area contributed by atoms with E-state index in [-0.39, 0.29) is 0 Å². The van der Waals surface area contributed by atoms with Crippen molar-refractivity contribution in [3.05, 3.63) is 12.2 Å². The Labute approximate surface area is 73.4 Å². The Kier molecular flexibility index (Phi) is 2.00. The third-order valence-corrected chi connectivity index (χ3v) is 4.45. The smallest absolute Gasteiger partial charge is 0.0342 e. The molecule has 0 amide bonds. The van der Waals surface area contributed by atoms with E-state index in [0.29, 0.717) is 4.75 Å². The quantitative estimate of drug-likeness (QED) is 0.500. The van der Waals surface area contributed by atoms with Crippen molar-refractivity contribution in [3.8, 4) is 0 Å². The van der Waals surface area contributed by atoms with Gasteiger partial charge in [0.05, 0.1) is 0 Å². The molecule has 1 heteroatoms. The van der Waals surface area contributed by atoms with E-state index in [2.05, 4.69) is 30.8 Å². The van der Waals surface area contributed by atoms with Gasteiger partial charge in [0.25, 0.3) is 0 Å². The zero-order chi connectivity index (χ0) is 7.73. The summed E-state index contributed by atoms with van der Waals surface area (Å²) < 4.78 is 0.581. The Hall–Kier alpha value is 0.0900. The van der Waals surface area contributed by atoms with Gasteiger partial charge in [-0.3, -0.25) is 0 Å². The van der Waals surface area contributed by atoms with Crippen LogP contribution in [0.15, 0.2) is 12.2 Å². The largest absolute Gasteiger partial charge is 0.148 e. The zero-order valence-corrected chi connectivity index (χ0v) is 7.99. The van der Waals surface area contributed by atoms with Crippen molar-refractivity contribution >= 4 is 11.8 Å². The zero-order valence-electron chi connectivity index (χ0n) is 7.18. The number of hydrogen-bond acceptors (Lipinski definition) is 1. The number of thioether (sulfide) groups is 1. The van der Waals surface area contributed by atoms with E-state index < -0.39 is 0 Å². The minimum absolute atomic E-state index is 0.581. The monoisotopic (exact) mass is 168 g/mol. The molecule has 1 spiro atoms. The molecule has 1 saturated heterocycles. The molecule has 0 nitrogen and oxygen atoms in total. The summed E-state index contributed by atoms with van der Waals surface area (Å²) >= 11 is 2.20. The van der Waals surface area contributed by atoms with Crippen LogP contribution >= 0.6 is 11.8 Å². The number of allylic oxidation sites excluding steroid dienone is 1. The summed E-state index contributed by atoms with van der Waals surface area (Å²) in [5, 5.41) is 0.901. The highest BCUT2D eigenvalue weighted by Gasteiger charge is 2.36. The third-order valence-electron chi connectivity index (χ3n) is 2.80. The molecule has 1 aliphatic carbocycles. The molecule has 1 fully saturated rings. The first-order valence-corrected chi connectivity index (χ1v) is 5.54. The second kappa shape index (κ2) is 2.85. The van der Waals surface area contributed by atoms with E-state index in [1.807, 2.05) is 0 Å². The first-order valence-electron chi connectivity index (χ1n) is 4.66. The maximum atomic E-state index is 2.48. The summed E-state index contributed by atoms with van der Waals surface area (Å²) in [6, 6.07) is 0. The van der Waals surface area contributed by atoms with Crippen LogP contribution < -0.4 is 0 Å². The maximum absolute atomic E-state index is 2.48. The highest BCUT2D eigenvalue weighted by Crippen LogP contribution is 2.48. The topological polar surface area (TPSA) is 0 Å². The third kappa shape index (κ3) is 1.48. The van der Waals surface area contributed by atoms with E-state index in [4.69, 9.17) is 0 Å². The molecule has 1 aliphatic heterocycles. The van der Waals surface area contributed by atoms with Gasteiger partial charge in [-0.2, -0.15) is 0 Å². The van der Waals surface area contributed by atoms with Gasteiger partial charge in [0.1, 0.15) is 0 Å². The van der Waals surface area contributed by atoms with E-state index >= 15 is 0 Å². The average Bonchev–Trinajstić information content (AvgIpc) is 2.34. The normalized spacial score (nSPS) is 43.5. The lowest BCUT2D eigenvalue weighted by atomic mass is 9.91. The molecule has 2 unspecified atom stereocenters. The van der Waals surface area contributed by atoms with Crippen molar-refractivity contribution in [1.29, 1.82) is 0 Å². The molecule has 0 radical (unpaired) electrons. The van der Waals surface area contributed by atoms with Gasteiger partial charge in [0, 0.05) is 10.00 Å². The van der Waals surface area contributed by atoms with Crippen LogP contribution in [0.4, 0.5) is 0 Å². The first kappa shape index (κ1) is 7.72. The summed E-state index contributed by atoms with van der Waals surface area (Å²) in [5.74, 6) is 0. The molecular formula is C10H16S. The minimum Gasteiger partial charge on any atom is -0.148 e. The molecular weight excluding hydrogens is 152 g/mol. The summed E-state index contributed by atoms with van der Waals surface area (Å²) in [6.45, 7) is 2.36. The standard InChI is InChI=1S/C10H16S/c1-9-5-8-10(11-9)6-3-2-4-7-10/h3,6,9H,2,4-5,7-8H2,1H3. The molecule has 0 saturated carbocycles. The van der Waals surface area contributed by atoms with Crippen LogP contribution in [0.2, 0.25) is 0 Å². The Bertz CT molecular complexity index is 174. The van der Waals surface area contributed by atoms with Crippen LogP contribution in [0.1, 0.15) is 39.0 Å². The summed E-state index contributed by atoms with van der Waals surface area (Å²) in [6.07, 6.45) is 11.9. The van der Waals surface area contributed by atoms with Gasteiger partial charge < -0.3 is 0 Å². The van der Waals surface area contributed by atoms with E-state index in [9.17, 15) is 0 Å². The molecule has 11 heavy (non-hydrogen) atoms. The SMILES string of the molecule is CC1CCC2(C=CCCC2)S1. The molecule has 0 aromatic carbocycles. The fourth-order valence-corrected chi connectivity index (χ4v) is 3.88. The predicted octanol–water partition coefficient (Wildman–Crippen LogP) is 3.38. The van der Waals surface area contributed by atoms with Crippen molar-refractivity contribution in [2.75, 3.05) is 0 Å². The number of rotatable bonds is 0. The highest BCUT2D eigenvalue weighted by atomic mass is 32.2. The molecule has 2 rings (SSSR count). The molecule has 0 aromatic rings. The van der Waals surface area contributed by atoms with Crippen molar-refractivity contribution in [2.45, 2.75) is 49.0 Å². The van der Waals surface area contributed by atoms with Gasteiger partial charge in [-0.1, -0.05) is 19.1 Å². The van der Waals surface area contributed by atoms with E-state index in [1.165, 1.54) is 32.1 Å². The molecule has 0 bridgehead atoms. The van der Waals surface area contributed by atoms with Crippen LogP contribution in [-0.2, 0) is 0 Å². The van der Waals surface area contributed by atoms with Crippen LogP contribution in [0.25, 0.3) is 0 Å². The summed E-state index contributed by atoms with van der Waals surface area (Å²) in [7, 11) is 0. The Morgan fingerprint density at radius 2 is 2.36 bits per heavy atom. The van der Waals surface area contributed by atoms with Crippen molar-refractivity contribution in [3.63, 3.8) is 0 Å². The molecule has 1 heterocycles. The van der Waals surface area contributed by atoms with E-state index in [0.717, 1.165) is 5.25 Å². The highest BCUT2D eigenvalue weighted by molar-refractivity contribution is 8.01. The van der Waals surface area contributed by atoms with Gasteiger partial charge in [-0.25, -0.2) is 0 Å². The first-order chi connectivity index (χ1) is 5.31. The Balaban J connectivity index is 2.10. The molecule has 62 valence electrons. The average molecular weight is 168 g/mol. The van der Waals surface area contributed by atoms with Crippen LogP contribution in [-0.4, -0.2) is 10.00 Å². The van der Waals surface area contributed by atoms with Crippen molar-refractivity contribution < 1.29 is 0 Å². The summed E-state index contributed by atoms with van der Waals surface area (Å²) in [5.41, 5.74) is 0. The van der Waals surface area contributed by atoms with E-state index in [1.54, 1.807) is 0 Å². The van der Waals surface area contributed by atoms with Gasteiger partial charge in [0.2, 0.25) is 0 Å². The van der Waals surface area contributed by atoms with Crippen molar-refractivity contribution in [2.24, 2.45) is 0 Å². The lowest BCUT2D eigenvalue weighted by molar-refractivity contribution is 0.557. The second-order valence-electron chi connectivity index (χ2n) is 3.83. The lowest BCUT2D eigenvalue weighted by Gasteiger charge is -2.27. The fraction of sp³-hybridized carbons (Fsp3) is 0.800. The summed E-state index contributed by atoms with van der Waals surface area (Å²) in [4.78, 5) is 0. The maximum Gasteiger partial charge on any atom is 0.0342 e. The molecule has 2 atom stereocenters. The lowest BCUT2D eigenvalue weighted by Crippen LogP contribution is -2.19. The minimum atomic E-state index is 0.581. The second-order valence-corrected chi connectivity index (χ2v) is 5.68. The molecule has 0 N–H and O–H groups in total. The van der Waals surface area contributed by atoms with Gasteiger partial charge in [-0.15, -0.1) is 11.8 Å². The molecule has 2 aliphatic rings. The Morgan fingerprint density at radius 1 is 1.45 bits per heavy atom. The fourth-order valence-electron chi connectivity index (χ4n) is 2.17. The number of hydrogen-bond donors (Lipinski definition) is 0. The van der Waals surface area contributed by atoms with Gasteiger partial charge in [0.15, 0.2) is 0 Å². The molecule has 0 aromatic heterocycles. The van der Waals surface area contributed by atoms with Crippen molar-refractivity contribution in [1.82, 2.24) is 0 Å². The van der Waals surface area contributed by atoms with Crippen LogP contribution in [0, 0.1) is 0 Å². The predicted molar refractivity (Wildman–Crippen MR) is 52.0 cm³/mol. The van der Waals surface area contributed by atoms with Gasteiger partial charge in [-0.05, 0) is 32.1 Å².